The molecule has 1 atom stereocenters. The van der Waals surface area contributed by atoms with Crippen molar-refractivity contribution >= 4 is 6.03 Å². The molecule has 1 unspecified atom stereocenters. The Morgan fingerprint density at radius 1 is 1.47 bits per heavy atom. The monoisotopic (exact) mass is 224 g/mol. The lowest BCUT2D eigenvalue weighted by Gasteiger charge is -2.43. The average Bonchev–Trinajstić information content (AvgIpc) is 2.07. The fraction of sp³-hybridized carbons (Fsp3) is 0.889. The topological polar surface area (TPSA) is 32.3 Å². The van der Waals surface area contributed by atoms with Crippen molar-refractivity contribution in [3.8, 4) is 0 Å². The first-order valence-electron chi connectivity index (χ1n) is 4.78. The summed E-state index contributed by atoms with van der Waals surface area (Å²) in [5, 5.41) is 2.28. The minimum absolute atomic E-state index is 0.230. The minimum atomic E-state index is -4.30. The van der Waals surface area contributed by atoms with Crippen molar-refractivity contribution in [2.45, 2.75) is 33.0 Å². The number of nitrogens with one attached hydrogen (secondary N) is 1. The number of amides is 2. The number of nitrogens with zero attached hydrogens (tertiary/aromatic N) is 1. The van der Waals surface area contributed by atoms with Crippen LogP contribution in [0.3, 0.4) is 0 Å². The zero-order valence-electron chi connectivity index (χ0n) is 8.98. The van der Waals surface area contributed by atoms with Crippen molar-refractivity contribution in [2.24, 2.45) is 5.41 Å². The van der Waals surface area contributed by atoms with Gasteiger partial charge in [-0.2, -0.15) is 13.2 Å². The highest BCUT2D eigenvalue weighted by Crippen LogP contribution is 2.39. The number of alkyl halides is 3. The smallest absolute Gasteiger partial charge is 0.337 e. The molecule has 0 aromatic rings. The molecule has 0 aromatic carbocycles. The second-order valence-corrected chi connectivity index (χ2v) is 4.44. The summed E-state index contributed by atoms with van der Waals surface area (Å²) in [6, 6.07) is -0.654. The van der Waals surface area contributed by atoms with E-state index in [4.69, 9.17) is 0 Å². The SMILES string of the molecule is CC(C)N1CC(C)(C(F)(F)F)CNC1=O. The fourth-order valence-electron chi connectivity index (χ4n) is 1.48. The lowest BCUT2D eigenvalue weighted by molar-refractivity contribution is -0.223. The normalized spacial score (nSPS) is 28.2. The third kappa shape index (κ3) is 2.18. The summed E-state index contributed by atoms with van der Waals surface area (Å²) >= 11 is 0. The molecule has 1 aliphatic rings. The van der Waals surface area contributed by atoms with Crippen LogP contribution in [-0.2, 0) is 0 Å². The molecule has 1 fully saturated rings. The summed E-state index contributed by atoms with van der Waals surface area (Å²) in [6.45, 7) is 3.89. The van der Waals surface area contributed by atoms with Crippen molar-refractivity contribution in [3.63, 3.8) is 0 Å². The molecular weight excluding hydrogens is 209 g/mol. The van der Waals surface area contributed by atoms with Gasteiger partial charge in [0.05, 0.1) is 5.41 Å². The Balaban J connectivity index is 2.86. The molecule has 0 saturated carbocycles. The molecule has 6 heteroatoms. The largest absolute Gasteiger partial charge is 0.397 e. The summed E-state index contributed by atoms with van der Waals surface area (Å²) in [7, 11) is 0. The van der Waals surface area contributed by atoms with Gasteiger partial charge in [-0.1, -0.05) is 0 Å². The van der Waals surface area contributed by atoms with Crippen LogP contribution in [0.4, 0.5) is 18.0 Å². The van der Waals surface area contributed by atoms with Gasteiger partial charge in [-0.25, -0.2) is 4.79 Å². The predicted molar refractivity (Wildman–Crippen MR) is 49.4 cm³/mol. The maximum atomic E-state index is 12.7. The van der Waals surface area contributed by atoms with Gasteiger partial charge in [-0.3, -0.25) is 0 Å². The molecule has 0 bridgehead atoms. The molecular formula is C9H15F3N2O. The first-order chi connectivity index (χ1) is 6.67. The second kappa shape index (κ2) is 3.57. The molecule has 1 N–H and O–H groups in total. The van der Waals surface area contributed by atoms with Crippen molar-refractivity contribution < 1.29 is 18.0 Å². The number of hydrogen-bond donors (Lipinski definition) is 1. The second-order valence-electron chi connectivity index (χ2n) is 4.44. The van der Waals surface area contributed by atoms with Gasteiger partial charge in [0, 0.05) is 19.1 Å². The van der Waals surface area contributed by atoms with E-state index in [9.17, 15) is 18.0 Å². The van der Waals surface area contributed by atoms with Crippen LogP contribution in [-0.4, -0.2) is 36.2 Å². The van der Waals surface area contributed by atoms with Gasteiger partial charge in [0.1, 0.15) is 0 Å². The molecule has 0 radical (unpaired) electrons. The highest BCUT2D eigenvalue weighted by molar-refractivity contribution is 5.75. The molecule has 2 amide bonds. The highest BCUT2D eigenvalue weighted by atomic mass is 19.4. The van der Waals surface area contributed by atoms with Crippen LogP contribution < -0.4 is 5.32 Å². The third-order valence-corrected chi connectivity index (χ3v) is 2.72. The lowest BCUT2D eigenvalue weighted by atomic mass is 9.87. The van der Waals surface area contributed by atoms with Gasteiger partial charge >= 0.3 is 12.2 Å². The van der Waals surface area contributed by atoms with E-state index < -0.39 is 17.6 Å². The van der Waals surface area contributed by atoms with Gasteiger partial charge in [0.25, 0.3) is 0 Å². The molecule has 88 valence electrons. The van der Waals surface area contributed by atoms with Gasteiger partial charge < -0.3 is 10.2 Å². The van der Waals surface area contributed by atoms with E-state index in [0.29, 0.717) is 0 Å². The van der Waals surface area contributed by atoms with Crippen molar-refractivity contribution in [1.29, 1.82) is 0 Å². The summed E-state index contributed by atoms with van der Waals surface area (Å²) in [4.78, 5) is 12.5. The molecule has 3 nitrogen and oxygen atoms in total. The van der Waals surface area contributed by atoms with E-state index in [0.717, 1.165) is 6.92 Å². The van der Waals surface area contributed by atoms with E-state index in [2.05, 4.69) is 5.32 Å². The predicted octanol–water partition coefficient (Wildman–Crippen LogP) is 1.99. The third-order valence-electron chi connectivity index (χ3n) is 2.72. The van der Waals surface area contributed by atoms with E-state index in [1.807, 2.05) is 0 Å². The van der Waals surface area contributed by atoms with E-state index >= 15 is 0 Å². The van der Waals surface area contributed by atoms with Crippen LogP contribution >= 0.6 is 0 Å². The molecule has 1 rings (SSSR count). The van der Waals surface area contributed by atoms with Crippen molar-refractivity contribution in [3.05, 3.63) is 0 Å². The average molecular weight is 224 g/mol. The molecule has 1 heterocycles. The van der Waals surface area contributed by atoms with E-state index in [1.54, 1.807) is 13.8 Å². The number of hydrogen-bond acceptors (Lipinski definition) is 1. The van der Waals surface area contributed by atoms with Crippen LogP contribution in [0.25, 0.3) is 0 Å². The molecule has 1 aliphatic heterocycles. The van der Waals surface area contributed by atoms with Crippen LogP contribution in [0.15, 0.2) is 0 Å². The molecule has 15 heavy (non-hydrogen) atoms. The van der Waals surface area contributed by atoms with E-state index in [1.165, 1.54) is 4.90 Å². The summed E-state index contributed by atoms with van der Waals surface area (Å²) in [6.07, 6.45) is -4.30. The number of rotatable bonds is 1. The Hall–Kier alpha value is -0.940. The molecule has 0 aromatic heterocycles. The van der Waals surface area contributed by atoms with Crippen LogP contribution in [0.1, 0.15) is 20.8 Å². The van der Waals surface area contributed by atoms with Crippen molar-refractivity contribution in [1.82, 2.24) is 10.2 Å². The minimum Gasteiger partial charge on any atom is -0.337 e. The number of carbonyl (C=O) groups is 1. The Bertz CT molecular complexity index is 265. The quantitative estimate of drug-likeness (QED) is 0.725. The number of urea groups is 1. The van der Waals surface area contributed by atoms with Gasteiger partial charge in [0.2, 0.25) is 0 Å². The van der Waals surface area contributed by atoms with Crippen LogP contribution in [0, 0.1) is 5.41 Å². The lowest BCUT2D eigenvalue weighted by Crippen LogP contribution is -2.62. The van der Waals surface area contributed by atoms with Crippen LogP contribution in [0.2, 0.25) is 0 Å². The highest BCUT2D eigenvalue weighted by Gasteiger charge is 2.54. The summed E-state index contributed by atoms with van der Waals surface area (Å²) in [5.41, 5.74) is -1.86. The zero-order chi connectivity index (χ0) is 11.9. The number of carbonyl (C=O) groups excluding carboxylic acids is 1. The van der Waals surface area contributed by atoms with E-state index in [-0.39, 0.29) is 19.1 Å². The Labute approximate surface area is 86.6 Å². The Morgan fingerprint density at radius 2 is 2.00 bits per heavy atom. The molecule has 0 spiro atoms. The Morgan fingerprint density at radius 3 is 2.40 bits per heavy atom. The maximum absolute atomic E-state index is 12.7. The first-order valence-corrected chi connectivity index (χ1v) is 4.78. The fourth-order valence-corrected chi connectivity index (χ4v) is 1.48. The Kier molecular flexibility index (Phi) is 2.89. The van der Waals surface area contributed by atoms with Gasteiger partial charge in [-0.05, 0) is 20.8 Å². The van der Waals surface area contributed by atoms with Gasteiger partial charge in [-0.15, -0.1) is 0 Å². The maximum Gasteiger partial charge on any atom is 0.397 e. The summed E-state index contributed by atoms with van der Waals surface area (Å²) in [5.74, 6) is 0. The standard InChI is InChI=1S/C9H15F3N2O/c1-6(2)14-5-8(3,9(10,11)12)4-13-7(14)15/h6H,4-5H2,1-3H3,(H,13,15). The molecule has 0 aliphatic carbocycles. The molecule has 1 saturated heterocycles. The zero-order valence-corrected chi connectivity index (χ0v) is 8.98. The first kappa shape index (κ1) is 12.1. The number of halogens is 3. The van der Waals surface area contributed by atoms with Gasteiger partial charge in [0.15, 0.2) is 0 Å². The van der Waals surface area contributed by atoms with Crippen LogP contribution in [0.5, 0.6) is 0 Å². The van der Waals surface area contributed by atoms with Crippen molar-refractivity contribution in [2.75, 3.05) is 13.1 Å². The summed E-state index contributed by atoms with van der Waals surface area (Å²) < 4.78 is 38.1.